The van der Waals surface area contributed by atoms with E-state index in [-0.39, 0.29) is 5.91 Å². The molecule has 0 aliphatic carbocycles. The number of thiocarbonyl (C=S) groups is 1. The van der Waals surface area contributed by atoms with Gasteiger partial charge in [0.2, 0.25) is 0 Å². The van der Waals surface area contributed by atoms with Gasteiger partial charge in [-0.05, 0) is 42.2 Å². The van der Waals surface area contributed by atoms with Crippen LogP contribution in [-0.4, -0.2) is 41.2 Å². The van der Waals surface area contributed by atoms with Gasteiger partial charge in [0.1, 0.15) is 5.70 Å². The number of thioether (sulfide) groups is 1. The second kappa shape index (κ2) is 5.12. The predicted octanol–water partition coefficient (Wildman–Crippen LogP) is 2.44. The Morgan fingerprint density at radius 3 is 2.22 bits per heavy atom. The Hall–Kier alpha value is -1.33. The molecule has 0 N–H and O–H groups in total. The third-order valence-electron chi connectivity index (χ3n) is 2.88. The highest BCUT2D eigenvalue weighted by Crippen LogP contribution is 2.22. The number of nitrogens with zero attached hydrogens (tertiary/aromatic N) is 2. The van der Waals surface area contributed by atoms with Crippen molar-refractivity contribution >= 4 is 41.1 Å². The van der Waals surface area contributed by atoms with Gasteiger partial charge in [-0.15, -0.1) is 11.8 Å². The summed E-state index contributed by atoms with van der Waals surface area (Å²) in [4.78, 5) is 16.4. The third kappa shape index (κ3) is 2.28. The Labute approximate surface area is 116 Å². The first-order valence-electron chi connectivity index (χ1n) is 5.46. The highest BCUT2D eigenvalue weighted by Gasteiger charge is 2.32. The zero-order valence-corrected chi connectivity index (χ0v) is 12.1. The molecule has 1 heterocycles. The number of rotatable bonds is 2. The van der Waals surface area contributed by atoms with Gasteiger partial charge < -0.3 is 4.90 Å². The first-order chi connectivity index (χ1) is 8.54. The van der Waals surface area contributed by atoms with Crippen molar-refractivity contribution in [2.45, 2.75) is 4.90 Å². The van der Waals surface area contributed by atoms with Crippen LogP contribution in [0.25, 0.3) is 6.08 Å². The van der Waals surface area contributed by atoms with Crippen molar-refractivity contribution in [2.75, 3.05) is 20.4 Å². The molecular weight excluding hydrogens is 264 g/mol. The summed E-state index contributed by atoms with van der Waals surface area (Å²) in [6.07, 6.45) is 3.90. The minimum atomic E-state index is -0.0588. The van der Waals surface area contributed by atoms with E-state index in [4.69, 9.17) is 12.2 Å². The number of hydrogen-bond donors (Lipinski definition) is 0. The highest BCUT2D eigenvalue weighted by atomic mass is 32.2. The van der Waals surface area contributed by atoms with E-state index in [0.29, 0.717) is 10.8 Å². The van der Waals surface area contributed by atoms with Crippen LogP contribution in [0.4, 0.5) is 0 Å². The van der Waals surface area contributed by atoms with Gasteiger partial charge >= 0.3 is 0 Å². The number of likely N-dealkylation sites (N-methyl/N-ethyl adjacent to an activating group) is 2. The van der Waals surface area contributed by atoms with Crippen LogP contribution >= 0.6 is 24.0 Å². The smallest absolute Gasteiger partial charge is 0.276 e. The molecule has 1 fully saturated rings. The van der Waals surface area contributed by atoms with E-state index >= 15 is 0 Å². The summed E-state index contributed by atoms with van der Waals surface area (Å²) in [6.45, 7) is 0. The fourth-order valence-electron chi connectivity index (χ4n) is 1.75. The number of hydrogen-bond acceptors (Lipinski definition) is 3. The fourth-order valence-corrected chi connectivity index (χ4v) is 2.34. The lowest BCUT2D eigenvalue weighted by atomic mass is 10.2. The van der Waals surface area contributed by atoms with Crippen molar-refractivity contribution in [2.24, 2.45) is 0 Å². The molecule has 0 unspecified atom stereocenters. The average molecular weight is 278 g/mol. The van der Waals surface area contributed by atoms with Gasteiger partial charge in [0.05, 0.1) is 0 Å². The second-order valence-corrected chi connectivity index (χ2v) is 5.25. The molecule has 0 saturated carbocycles. The Kier molecular flexibility index (Phi) is 3.73. The van der Waals surface area contributed by atoms with Gasteiger partial charge in [0.15, 0.2) is 5.11 Å². The molecule has 2 rings (SSSR count). The summed E-state index contributed by atoms with van der Waals surface area (Å²) in [6, 6.07) is 8.08. The van der Waals surface area contributed by atoms with E-state index in [9.17, 15) is 4.79 Å². The van der Waals surface area contributed by atoms with Gasteiger partial charge in [-0.25, -0.2) is 0 Å². The van der Waals surface area contributed by atoms with Crippen molar-refractivity contribution in [3.63, 3.8) is 0 Å². The van der Waals surface area contributed by atoms with Crippen molar-refractivity contribution < 1.29 is 4.79 Å². The second-order valence-electron chi connectivity index (χ2n) is 4.01. The van der Waals surface area contributed by atoms with E-state index in [2.05, 4.69) is 0 Å². The predicted molar refractivity (Wildman–Crippen MR) is 79.3 cm³/mol. The number of carbonyl (C=O) groups is 1. The Bertz CT molecular complexity index is 522. The molecule has 1 aromatic carbocycles. The Morgan fingerprint density at radius 1 is 1.17 bits per heavy atom. The maximum Gasteiger partial charge on any atom is 0.276 e. The number of carbonyl (C=O) groups excluding carboxylic acids is 1. The molecule has 1 saturated heterocycles. The van der Waals surface area contributed by atoms with Gasteiger partial charge in [0, 0.05) is 19.0 Å². The fraction of sp³-hybridized carbons (Fsp3) is 0.231. The van der Waals surface area contributed by atoms with Crippen molar-refractivity contribution in [1.29, 1.82) is 0 Å². The van der Waals surface area contributed by atoms with Gasteiger partial charge in [-0.1, -0.05) is 12.1 Å². The standard InChI is InChI=1S/C13H14N2OS2/c1-14-11(12(16)15(2)13(14)17)8-9-4-6-10(18-3)7-5-9/h4-8H,1-3H3. The maximum absolute atomic E-state index is 12.0. The minimum absolute atomic E-state index is 0.0588. The van der Waals surface area contributed by atoms with Gasteiger partial charge in [-0.2, -0.15) is 0 Å². The Balaban J connectivity index is 2.32. The van der Waals surface area contributed by atoms with E-state index < -0.39 is 0 Å². The molecule has 1 amide bonds. The Morgan fingerprint density at radius 2 is 1.78 bits per heavy atom. The zero-order valence-electron chi connectivity index (χ0n) is 10.5. The number of amides is 1. The molecule has 94 valence electrons. The molecule has 1 aliphatic rings. The van der Waals surface area contributed by atoms with E-state index in [0.717, 1.165) is 5.56 Å². The summed E-state index contributed by atoms with van der Waals surface area (Å²) in [5.41, 5.74) is 1.61. The van der Waals surface area contributed by atoms with Crippen molar-refractivity contribution in [1.82, 2.24) is 9.80 Å². The molecule has 0 aromatic heterocycles. The molecule has 0 bridgehead atoms. The number of benzene rings is 1. The van der Waals surface area contributed by atoms with Crippen LogP contribution in [0.1, 0.15) is 5.56 Å². The van der Waals surface area contributed by atoms with Crippen molar-refractivity contribution in [3.05, 3.63) is 35.5 Å². The maximum atomic E-state index is 12.0. The molecule has 0 atom stereocenters. The van der Waals surface area contributed by atoms with Crippen LogP contribution < -0.4 is 0 Å². The highest BCUT2D eigenvalue weighted by molar-refractivity contribution is 7.98. The molecule has 0 spiro atoms. The lowest BCUT2D eigenvalue weighted by Gasteiger charge is -2.11. The summed E-state index contributed by atoms with van der Waals surface area (Å²) in [5.74, 6) is -0.0588. The minimum Gasteiger partial charge on any atom is -0.317 e. The van der Waals surface area contributed by atoms with Crippen molar-refractivity contribution in [3.8, 4) is 0 Å². The molecule has 3 nitrogen and oxygen atoms in total. The topological polar surface area (TPSA) is 23.6 Å². The first-order valence-corrected chi connectivity index (χ1v) is 7.09. The quantitative estimate of drug-likeness (QED) is 0.471. The molecule has 5 heteroatoms. The largest absolute Gasteiger partial charge is 0.317 e. The van der Waals surface area contributed by atoms with E-state index in [1.165, 1.54) is 9.80 Å². The van der Waals surface area contributed by atoms with Gasteiger partial charge in [-0.3, -0.25) is 9.69 Å². The van der Waals surface area contributed by atoms with Crippen LogP contribution in [0.2, 0.25) is 0 Å². The SMILES string of the molecule is CSc1ccc(C=C2C(=O)N(C)C(=S)N2C)cc1. The zero-order chi connectivity index (χ0) is 13.3. The van der Waals surface area contributed by atoms with Gasteiger partial charge in [0.25, 0.3) is 5.91 Å². The lowest BCUT2D eigenvalue weighted by molar-refractivity contribution is -0.121. The summed E-state index contributed by atoms with van der Waals surface area (Å²) < 4.78 is 0. The normalized spacial score (nSPS) is 18.1. The molecular formula is C13H14N2OS2. The molecule has 1 aromatic rings. The summed E-state index contributed by atoms with van der Waals surface area (Å²) in [5, 5.41) is 0.534. The van der Waals surface area contributed by atoms with Crippen LogP contribution in [0.3, 0.4) is 0 Å². The van der Waals surface area contributed by atoms with Crippen LogP contribution in [0.5, 0.6) is 0 Å². The van der Waals surface area contributed by atoms with E-state index in [1.807, 2.05) is 43.6 Å². The summed E-state index contributed by atoms with van der Waals surface area (Å²) in [7, 11) is 3.50. The summed E-state index contributed by atoms with van der Waals surface area (Å²) >= 11 is 6.86. The monoisotopic (exact) mass is 278 g/mol. The molecule has 1 aliphatic heterocycles. The van der Waals surface area contributed by atoms with E-state index in [1.54, 1.807) is 23.7 Å². The van der Waals surface area contributed by atoms with Crippen LogP contribution in [0, 0.1) is 0 Å². The van der Waals surface area contributed by atoms with Crippen LogP contribution in [0.15, 0.2) is 34.9 Å². The molecule has 18 heavy (non-hydrogen) atoms. The van der Waals surface area contributed by atoms with Crippen LogP contribution in [-0.2, 0) is 4.79 Å². The first kappa shape index (κ1) is 13.1. The average Bonchev–Trinajstić information content (AvgIpc) is 2.57. The molecule has 0 radical (unpaired) electrons. The lowest BCUT2D eigenvalue weighted by Crippen LogP contribution is -2.26. The third-order valence-corrected chi connectivity index (χ3v) is 4.17.